The topological polar surface area (TPSA) is 89.2 Å². The Morgan fingerprint density at radius 1 is 1.22 bits per heavy atom. The quantitative estimate of drug-likeness (QED) is 0.293. The molecule has 1 aromatic heterocycles. The van der Waals surface area contributed by atoms with Crippen molar-refractivity contribution < 1.29 is 9.32 Å². The summed E-state index contributed by atoms with van der Waals surface area (Å²) in [5, 5.41) is 10.3. The lowest BCUT2D eigenvalue weighted by molar-refractivity contribution is -0.116. The van der Waals surface area contributed by atoms with E-state index >= 15 is 0 Å². The molecule has 3 rings (SSSR count). The molecule has 2 N–H and O–H groups in total. The minimum atomic E-state index is -0.0255. The molecule has 2 heterocycles. The fourth-order valence-electron chi connectivity index (χ4n) is 3.49. The molecular weight excluding hydrogens is 521 g/mol. The van der Waals surface area contributed by atoms with Crippen LogP contribution in [0.3, 0.4) is 0 Å². The molecule has 1 aliphatic heterocycles. The number of aliphatic imine (C=N–C) groups is 1. The van der Waals surface area contributed by atoms with Crippen molar-refractivity contribution in [2.75, 3.05) is 58.7 Å². The first-order valence-electron chi connectivity index (χ1n) is 10.7. The molecule has 0 bridgehead atoms. The summed E-state index contributed by atoms with van der Waals surface area (Å²) in [4.78, 5) is 23.4. The second-order valence-corrected chi connectivity index (χ2v) is 7.91. The Kier molecular flexibility index (Phi) is 10.9. The number of halogens is 1. The Hall–Kier alpha value is -2.18. The number of nitrogens with zero attached hydrogens (tertiary/aromatic N) is 5. The van der Waals surface area contributed by atoms with E-state index in [0.29, 0.717) is 13.1 Å². The molecule has 0 atom stereocenters. The van der Waals surface area contributed by atoms with Gasteiger partial charge >= 0.3 is 0 Å². The van der Waals surface area contributed by atoms with Gasteiger partial charge in [0.25, 0.3) is 0 Å². The van der Waals surface area contributed by atoms with Gasteiger partial charge in [0.2, 0.25) is 5.91 Å². The Labute approximate surface area is 207 Å². The zero-order chi connectivity index (χ0) is 22.1. The van der Waals surface area contributed by atoms with Crippen molar-refractivity contribution in [2.24, 2.45) is 4.99 Å². The normalized spacial score (nSPS) is 14.9. The maximum absolute atomic E-state index is 12.0. The van der Waals surface area contributed by atoms with Gasteiger partial charge in [0.05, 0.1) is 18.8 Å². The third-order valence-corrected chi connectivity index (χ3v) is 4.97. The number of hydrogen-bond donors (Lipinski definition) is 2. The monoisotopic (exact) mass is 555 g/mol. The first-order valence-corrected chi connectivity index (χ1v) is 10.7. The van der Waals surface area contributed by atoms with Crippen LogP contribution < -0.4 is 10.6 Å². The lowest BCUT2D eigenvalue weighted by Crippen LogP contribution is -2.52. The maximum Gasteiger partial charge on any atom is 0.238 e. The van der Waals surface area contributed by atoms with Gasteiger partial charge in [-0.15, -0.1) is 24.0 Å². The van der Waals surface area contributed by atoms with E-state index in [1.54, 1.807) is 6.26 Å². The summed E-state index contributed by atoms with van der Waals surface area (Å²) in [5.74, 6) is 0.896. The highest BCUT2D eigenvalue weighted by Gasteiger charge is 2.20. The summed E-state index contributed by atoms with van der Waals surface area (Å²) in [6.07, 6.45) is 1.62. The zero-order valence-corrected chi connectivity index (χ0v) is 21.4. The number of amides is 1. The van der Waals surface area contributed by atoms with Crippen LogP contribution in [-0.2, 0) is 17.9 Å². The minimum Gasteiger partial charge on any atom is -0.364 e. The molecule has 0 saturated carbocycles. The van der Waals surface area contributed by atoms with Crippen molar-refractivity contribution in [1.29, 1.82) is 0 Å². The number of anilines is 1. The molecule has 1 aromatic carbocycles. The number of benzene rings is 1. The summed E-state index contributed by atoms with van der Waals surface area (Å²) in [7, 11) is 3.75. The van der Waals surface area contributed by atoms with Crippen molar-refractivity contribution in [3.05, 3.63) is 47.9 Å². The van der Waals surface area contributed by atoms with Crippen molar-refractivity contribution in [3.8, 4) is 0 Å². The molecule has 0 spiro atoms. The molecule has 1 fully saturated rings. The minimum absolute atomic E-state index is 0. The van der Waals surface area contributed by atoms with Crippen LogP contribution in [0.5, 0.6) is 0 Å². The fourth-order valence-corrected chi connectivity index (χ4v) is 3.49. The molecule has 0 aliphatic carbocycles. The van der Waals surface area contributed by atoms with Gasteiger partial charge in [0.15, 0.2) is 5.96 Å². The van der Waals surface area contributed by atoms with Crippen LogP contribution >= 0.6 is 24.0 Å². The zero-order valence-electron chi connectivity index (χ0n) is 19.1. The number of guanidine groups is 1. The van der Waals surface area contributed by atoms with Crippen LogP contribution in [0.1, 0.15) is 18.2 Å². The third kappa shape index (κ3) is 8.40. The van der Waals surface area contributed by atoms with E-state index < -0.39 is 0 Å². The van der Waals surface area contributed by atoms with Crippen LogP contribution in [0.15, 0.2) is 46.1 Å². The Morgan fingerprint density at radius 2 is 2.00 bits per heavy atom. The molecule has 1 aliphatic rings. The number of nitrogens with one attached hydrogen (secondary N) is 2. The smallest absolute Gasteiger partial charge is 0.238 e. The highest BCUT2D eigenvalue weighted by Crippen LogP contribution is 2.13. The molecule has 1 amide bonds. The predicted molar refractivity (Wildman–Crippen MR) is 137 cm³/mol. The average Bonchev–Trinajstić information content (AvgIpc) is 3.24. The van der Waals surface area contributed by atoms with E-state index in [4.69, 9.17) is 9.52 Å². The molecule has 0 radical (unpaired) electrons. The largest absolute Gasteiger partial charge is 0.364 e. The van der Waals surface area contributed by atoms with Crippen LogP contribution in [0, 0.1) is 0 Å². The molecule has 2 aromatic rings. The van der Waals surface area contributed by atoms with E-state index in [1.807, 2.05) is 49.3 Å². The van der Waals surface area contributed by atoms with E-state index in [0.717, 1.165) is 62.2 Å². The van der Waals surface area contributed by atoms with Gasteiger partial charge in [-0.05, 0) is 38.7 Å². The Morgan fingerprint density at radius 3 is 2.66 bits per heavy atom. The summed E-state index contributed by atoms with van der Waals surface area (Å²) >= 11 is 0. The van der Waals surface area contributed by atoms with Crippen LogP contribution in [0.25, 0.3) is 0 Å². The Bertz CT molecular complexity index is 850. The first-order chi connectivity index (χ1) is 15.0. The predicted octanol–water partition coefficient (Wildman–Crippen LogP) is 2.08. The molecular formula is C22H34IN7O2. The summed E-state index contributed by atoms with van der Waals surface area (Å²) in [6.45, 7) is 8.33. The number of aromatic nitrogens is 1. The maximum atomic E-state index is 12.0. The Balaban J connectivity index is 0.00000363. The average molecular weight is 555 g/mol. The van der Waals surface area contributed by atoms with Gasteiger partial charge in [0, 0.05) is 51.0 Å². The lowest BCUT2D eigenvalue weighted by Gasteiger charge is -2.36. The number of carbonyl (C=O) groups excluding carboxylic acids is 1. The van der Waals surface area contributed by atoms with Gasteiger partial charge < -0.3 is 25.0 Å². The van der Waals surface area contributed by atoms with Crippen molar-refractivity contribution in [3.63, 3.8) is 0 Å². The second-order valence-electron chi connectivity index (χ2n) is 7.91. The molecule has 32 heavy (non-hydrogen) atoms. The SMILES string of the molecule is CCNC(=NCc1cccc(NC(=O)CN(C)C)c1)N1CCN(Cc2ccon2)CC1.I. The number of hydrogen-bond acceptors (Lipinski definition) is 6. The van der Waals surface area contributed by atoms with Crippen molar-refractivity contribution in [2.45, 2.75) is 20.0 Å². The highest BCUT2D eigenvalue weighted by molar-refractivity contribution is 14.0. The number of rotatable bonds is 8. The van der Waals surface area contributed by atoms with Crippen molar-refractivity contribution in [1.82, 2.24) is 25.2 Å². The van der Waals surface area contributed by atoms with E-state index in [1.165, 1.54) is 0 Å². The number of piperazine rings is 1. The van der Waals surface area contributed by atoms with Crippen molar-refractivity contribution >= 4 is 41.5 Å². The molecule has 0 unspecified atom stereocenters. The summed E-state index contributed by atoms with van der Waals surface area (Å²) in [5.41, 5.74) is 2.82. The van der Waals surface area contributed by atoms with Crippen LogP contribution in [0.4, 0.5) is 5.69 Å². The number of likely N-dealkylation sites (N-methyl/N-ethyl adjacent to an activating group) is 1. The van der Waals surface area contributed by atoms with E-state index in [9.17, 15) is 4.79 Å². The molecule has 10 heteroatoms. The third-order valence-electron chi connectivity index (χ3n) is 4.97. The molecule has 1 saturated heterocycles. The van der Waals surface area contributed by atoms with Gasteiger partial charge in [-0.1, -0.05) is 17.3 Å². The lowest BCUT2D eigenvalue weighted by atomic mass is 10.2. The van der Waals surface area contributed by atoms with Gasteiger partial charge in [0.1, 0.15) is 6.26 Å². The molecule has 176 valence electrons. The second kappa shape index (κ2) is 13.4. The first kappa shape index (κ1) is 26.1. The highest BCUT2D eigenvalue weighted by atomic mass is 127. The van der Waals surface area contributed by atoms with E-state index in [-0.39, 0.29) is 29.9 Å². The van der Waals surface area contributed by atoms with Crippen LogP contribution in [-0.4, -0.2) is 85.1 Å². The molecule has 9 nitrogen and oxygen atoms in total. The summed E-state index contributed by atoms with van der Waals surface area (Å²) in [6, 6.07) is 9.78. The standard InChI is InChI=1S/C22H33N7O2.HI/c1-4-23-22(29-11-9-28(10-12-29)16-20-8-13-31-26-20)24-15-18-6-5-7-19(14-18)25-21(30)17-27(2)3;/h5-8,13-14H,4,9-12,15-17H2,1-3H3,(H,23,24)(H,25,30);1H. The van der Waals surface area contributed by atoms with Gasteiger partial charge in [-0.25, -0.2) is 4.99 Å². The van der Waals surface area contributed by atoms with Gasteiger partial charge in [-0.3, -0.25) is 9.69 Å². The van der Waals surface area contributed by atoms with E-state index in [2.05, 4.69) is 32.5 Å². The summed E-state index contributed by atoms with van der Waals surface area (Å²) < 4.78 is 4.93. The van der Waals surface area contributed by atoms with Gasteiger partial charge in [-0.2, -0.15) is 0 Å². The van der Waals surface area contributed by atoms with Crippen LogP contribution in [0.2, 0.25) is 0 Å². The number of carbonyl (C=O) groups is 1. The fraction of sp³-hybridized carbons (Fsp3) is 0.500.